The van der Waals surface area contributed by atoms with Crippen molar-refractivity contribution >= 4 is 22.9 Å². The second kappa shape index (κ2) is 5.37. The number of carbonyl (C=O) groups excluding carboxylic acids is 1. The molecular weight excluding hydrogens is 252 g/mol. The second-order valence-corrected chi connectivity index (χ2v) is 4.54. The van der Waals surface area contributed by atoms with Crippen molar-refractivity contribution in [2.75, 3.05) is 0 Å². The highest BCUT2D eigenvalue weighted by atomic mass is 32.1. The fourth-order valence-corrected chi connectivity index (χ4v) is 2.00. The molecule has 4 N–H and O–H groups in total. The van der Waals surface area contributed by atoms with Crippen molar-refractivity contribution in [3.05, 3.63) is 51.1 Å². The average molecular weight is 264 g/mol. The molecule has 0 unspecified atom stereocenters. The zero-order chi connectivity index (χ0) is 13.0. The minimum absolute atomic E-state index is 0.0868. The summed E-state index contributed by atoms with van der Waals surface area (Å²) in [4.78, 5) is 23.3. The third-order valence-electron chi connectivity index (χ3n) is 2.17. The molecule has 0 aromatic carbocycles. The van der Waals surface area contributed by atoms with Crippen LogP contribution in [-0.4, -0.2) is 16.1 Å². The van der Waals surface area contributed by atoms with Crippen molar-refractivity contribution in [2.45, 2.75) is 6.42 Å². The number of carbonyl (C=O) groups is 1. The van der Waals surface area contributed by atoms with E-state index in [1.807, 2.05) is 17.5 Å². The second-order valence-electron chi connectivity index (χ2n) is 3.59. The zero-order valence-corrected chi connectivity index (χ0v) is 10.3. The molecule has 0 bridgehead atoms. The molecule has 1 amide bonds. The highest BCUT2D eigenvalue weighted by Crippen LogP contribution is 2.14. The first-order valence-corrected chi connectivity index (χ1v) is 6.07. The lowest BCUT2D eigenvalue weighted by molar-refractivity contribution is -0.121. The topological polar surface area (TPSA) is 89.8 Å². The summed E-state index contributed by atoms with van der Waals surface area (Å²) >= 11 is 1.52. The van der Waals surface area contributed by atoms with E-state index in [4.69, 9.17) is 0 Å². The molecule has 0 atom stereocenters. The molecule has 0 radical (unpaired) electrons. The van der Waals surface area contributed by atoms with Crippen LogP contribution in [0.15, 0.2) is 35.0 Å². The molecule has 2 rings (SSSR count). The monoisotopic (exact) mass is 264 g/mol. The summed E-state index contributed by atoms with van der Waals surface area (Å²) in [6.45, 7) is 3.80. The molecule has 0 aliphatic heterocycles. The molecule has 2 aromatic heterocycles. The van der Waals surface area contributed by atoms with E-state index in [1.54, 1.807) is 0 Å². The maximum atomic E-state index is 11.5. The smallest absolute Gasteiger partial charge is 0.264 e. The number of amides is 1. The zero-order valence-electron chi connectivity index (χ0n) is 9.45. The number of thiophene rings is 1. The highest BCUT2D eigenvalue weighted by Gasteiger charge is 2.06. The number of aromatic amines is 2. The third kappa shape index (κ3) is 3.11. The van der Waals surface area contributed by atoms with Crippen LogP contribution in [0.4, 0.5) is 0 Å². The Hall–Kier alpha value is -2.28. The first-order chi connectivity index (χ1) is 8.65. The summed E-state index contributed by atoms with van der Waals surface area (Å²) < 4.78 is 0. The Morgan fingerprint density at radius 2 is 2.22 bits per heavy atom. The van der Waals surface area contributed by atoms with E-state index in [-0.39, 0.29) is 17.9 Å². The first-order valence-electron chi connectivity index (χ1n) is 5.19. The third-order valence-corrected chi connectivity index (χ3v) is 3.10. The lowest BCUT2D eigenvalue weighted by atomic mass is 10.3. The van der Waals surface area contributed by atoms with Gasteiger partial charge in [0.1, 0.15) is 0 Å². The van der Waals surface area contributed by atoms with Gasteiger partial charge in [0.2, 0.25) is 5.91 Å². The Balaban J connectivity index is 1.82. The van der Waals surface area contributed by atoms with Gasteiger partial charge in [-0.15, -0.1) is 11.3 Å². The minimum atomic E-state index is -0.261. The standard InChI is InChI=1S/C11H12N4O2S/c1-7(9-3-2-4-18-9)12-14-10(16)5-8-6-11(17)15-13-8/h2-4,6,12H,1,5H2,(H,14,16)(H2,13,15,17). The Morgan fingerprint density at radius 1 is 1.39 bits per heavy atom. The maximum Gasteiger partial charge on any atom is 0.264 e. The summed E-state index contributed by atoms with van der Waals surface area (Å²) in [6, 6.07) is 5.14. The predicted molar refractivity (Wildman–Crippen MR) is 69.7 cm³/mol. The Labute approximate surface area is 107 Å². The van der Waals surface area contributed by atoms with Gasteiger partial charge in [-0.05, 0) is 11.4 Å². The van der Waals surface area contributed by atoms with Crippen molar-refractivity contribution < 1.29 is 4.79 Å². The van der Waals surface area contributed by atoms with E-state index in [1.165, 1.54) is 17.4 Å². The Bertz CT molecular complexity index is 597. The minimum Gasteiger partial charge on any atom is -0.302 e. The largest absolute Gasteiger partial charge is 0.302 e. The van der Waals surface area contributed by atoms with Crippen LogP contribution < -0.4 is 16.4 Å². The van der Waals surface area contributed by atoms with Gasteiger partial charge in [-0.3, -0.25) is 25.5 Å². The molecule has 0 fully saturated rings. The quantitative estimate of drug-likeness (QED) is 0.596. The number of hydrazine groups is 1. The lowest BCUT2D eigenvalue weighted by Gasteiger charge is -2.08. The molecule has 0 saturated carbocycles. The van der Waals surface area contributed by atoms with Gasteiger partial charge in [-0.1, -0.05) is 12.6 Å². The number of rotatable bonds is 5. The van der Waals surface area contributed by atoms with Crippen LogP contribution in [0.25, 0.3) is 5.70 Å². The number of hydrogen-bond donors (Lipinski definition) is 4. The van der Waals surface area contributed by atoms with Crippen molar-refractivity contribution in [2.24, 2.45) is 0 Å². The Morgan fingerprint density at radius 3 is 2.83 bits per heavy atom. The number of aromatic nitrogens is 2. The molecule has 7 heteroatoms. The van der Waals surface area contributed by atoms with Crippen LogP contribution in [0.1, 0.15) is 10.6 Å². The fourth-order valence-electron chi connectivity index (χ4n) is 1.34. The van der Waals surface area contributed by atoms with Crippen LogP contribution in [-0.2, 0) is 11.2 Å². The molecular formula is C11H12N4O2S. The molecule has 0 aliphatic carbocycles. The first kappa shape index (κ1) is 12.2. The van der Waals surface area contributed by atoms with Gasteiger partial charge >= 0.3 is 0 Å². The van der Waals surface area contributed by atoms with E-state index >= 15 is 0 Å². The van der Waals surface area contributed by atoms with Gasteiger partial charge in [-0.2, -0.15) is 0 Å². The molecule has 2 aromatic rings. The van der Waals surface area contributed by atoms with Gasteiger partial charge < -0.3 is 5.10 Å². The van der Waals surface area contributed by atoms with Crippen LogP contribution in [0.3, 0.4) is 0 Å². The lowest BCUT2D eigenvalue weighted by Crippen LogP contribution is -2.36. The van der Waals surface area contributed by atoms with Gasteiger partial charge in [0.25, 0.3) is 5.56 Å². The van der Waals surface area contributed by atoms with E-state index in [0.29, 0.717) is 11.4 Å². The molecule has 6 nitrogen and oxygen atoms in total. The fraction of sp³-hybridized carbons (Fsp3) is 0.0909. The summed E-state index contributed by atoms with van der Waals surface area (Å²) in [5.41, 5.74) is 6.14. The normalized spacial score (nSPS) is 10.0. The van der Waals surface area contributed by atoms with Gasteiger partial charge in [0.05, 0.1) is 17.0 Å². The van der Waals surface area contributed by atoms with Crippen LogP contribution in [0.5, 0.6) is 0 Å². The summed E-state index contributed by atoms with van der Waals surface area (Å²) in [5.74, 6) is -0.261. The number of nitrogens with one attached hydrogen (secondary N) is 4. The molecule has 0 aliphatic rings. The predicted octanol–water partition coefficient (Wildman–Crippen LogP) is 0.599. The van der Waals surface area contributed by atoms with Gasteiger partial charge in [0, 0.05) is 11.8 Å². The van der Waals surface area contributed by atoms with Crippen molar-refractivity contribution in [3.63, 3.8) is 0 Å². The van der Waals surface area contributed by atoms with E-state index in [2.05, 4.69) is 27.6 Å². The van der Waals surface area contributed by atoms with Crippen molar-refractivity contribution in [1.29, 1.82) is 0 Å². The van der Waals surface area contributed by atoms with E-state index in [0.717, 1.165) is 4.88 Å². The Kier molecular flexibility index (Phi) is 3.63. The molecule has 0 spiro atoms. The van der Waals surface area contributed by atoms with Crippen LogP contribution in [0, 0.1) is 0 Å². The summed E-state index contributed by atoms with van der Waals surface area (Å²) in [6.07, 6.45) is 0.0868. The van der Waals surface area contributed by atoms with Crippen molar-refractivity contribution in [1.82, 2.24) is 21.0 Å². The molecule has 18 heavy (non-hydrogen) atoms. The SMILES string of the molecule is C=C(NNC(=O)Cc1cc(=O)[nH][nH]1)c1cccs1. The molecule has 0 saturated heterocycles. The number of hydrogen-bond acceptors (Lipinski definition) is 4. The van der Waals surface area contributed by atoms with Gasteiger partial charge in [-0.25, -0.2) is 0 Å². The van der Waals surface area contributed by atoms with E-state index < -0.39 is 0 Å². The van der Waals surface area contributed by atoms with Crippen molar-refractivity contribution in [3.8, 4) is 0 Å². The summed E-state index contributed by atoms with van der Waals surface area (Å²) in [7, 11) is 0. The number of H-pyrrole nitrogens is 2. The van der Waals surface area contributed by atoms with E-state index in [9.17, 15) is 9.59 Å². The maximum absolute atomic E-state index is 11.5. The highest BCUT2D eigenvalue weighted by molar-refractivity contribution is 7.11. The molecule has 94 valence electrons. The summed E-state index contributed by atoms with van der Waals surface area (Å²) in [5, 5.41) is 6.89. The van der Waals surface area contributed by atoms with Crippen LogP contribution >= 0.6 is 11.3 Å². The average Bonchev–Trinajstić information content (AvgIpc) is 2.97. The molecule has 2 heterocycles. The van der Waals surface area contributed by atoms with Gasteiger partial charge in [0.15, 0.2) is 0 Å². The van der Waals surface area contributed by atoms with Crippen LogP contribution in [0.2, 0.25) is 0 Å².